The van der Waals surface area contributed by atoms with Gasteiger partial charge >= 0.3 is 0 Å². The Hall–Kier alpha value is -1.95. The molecule has 0 saturated carbocycles. The predicted octanol–water partition coefficient (Wildman–Crippen LogP) is 3.66. The van der Waals surface area contributed by atoms with Crippen LogP contribution in [0.2, 0.25) is 0 Å². The van der Waals surface area contributed by atoms with Crippen LogP contribution in [-0.2, 0) is 4.79 Å². The van der Waals surface area contributed by atoms with Crippen LogP contribution in [-0.4, -0.2) is 29.0 Å². The minimum Gasteiger partial charge on any atom is -0.355 e. The Bertz CT molecular complexity index is 673. The second-order valence-electron chi connectivity index (χ2n) is 7.65. The molecule has 0 spiro atoms. The Kier molecular flexibility index (Phi) is 5.37. The lowest BCUT2D eigenvalue weighted by Gasteiger charge is -2.35. The predicted molar refractivity (Wildman–Crippen MR) is 102 cm³/mol. The van der Waals surface area contributed by atoms with E-state index in [2.05, 4.69) is 52.4 Å². The molecule has 1 amide bonds. The van der Waals surface area contributed by atoms with E-state index in [9.17, 15) is 4.79 Å². The summed E-state index contributed by atoms with van der Waals surface area (Å²) in [5.41, 5.74) is -0.0131. The molecule has 3 heterocycles. The molecule has 1 fully saturated rings. The first kappa shape index (κ1) is 17.9. The summed E-state index contributed by atoms with van der Waals surface area (Å²) in [5, 5.41) is 5.38. The third kappa shape index (κ3) is 4.37. The quantitative estimate of drug-likeness (QED) is 0.906. The highest BCUT2D eigenvalue weighted by atomic mass is 32.1. The molecule has 3 rings (SSSR count). The first-order valence-electron chi connectivity index (χ1n) is 8.80. The minimum atomic E-state index is -0.0131. The van der Waals surface area contributed by atoms with Gasteiger partial charge in [0.2, 0.25) is 5.91 Å². The van der Waals surface area contributed by atoms with Gasteiger partial charge in [0.15, 0.2) is 0 Å². The first-order valence-corrected chi connectivity index (χ1v) is 9.68. The Morgan fingerprint density at radius 3 is 2.64 bits per heavy atom. The molecule has 0 aromatic carbocycles. The summed E-state index contributed by atoms with van der Waals surface area (Å²) in [5.74, 6) is 1.14. The van der Waals surface area contributed by atoms with E-state index in [-0.39, 0.29) is 23.3 Å². The number of piperidine rings is 1. The zero-order valence-electron chi connectivity index (χ0n) is 15.1. The number of thiophene rings is 1. The van der Waals surface area contributed by atoms with E-state index in [0.29, 0.717) is 0 Å². The average molecular weight is 359 g/mol. The van der Waals surface area contributed by atoms with Gasteiger partial charge in [-0.2, -0.15) is 0 Å². The zero-order chi connectivity index (χ0) is 17.9. The van der Waals surface area contributed by atoms with E-state index in [4.69, 9.17) is 0 Å². The highest BCUT2D eigenvalue weighted by Crippen LogP contribution is 2.35. The number of nitrogens with one attached hydrogen (secondary N) is 1. The Balaban J connectivity index is 1.60. The van der Waals surface area contributed by atoms with Crippen molar-refractivity contribution in [3.8, 4) is 0 Å². The van der Waals surface area contributed by atoms with Crippen LogP contribution >= 0.6 is 11.3 Å². The fourth-order valence-electron chi connectivity index (χ4n) is 3.26. The molecule has 1 atom stereocenters. The summed E-state index contributed by atoms with van der Waals surface area (Å²) < 4.78 is 0. The van der Waals surface area contributed by atoms with Crippen molar-refractivity contribution in [3.63, 3.8) is 0 Å². The Morgan fingerprint density at radius 1 is 1.32 bits per heavy atom. The molecule has 2 aromatic rings. The fourth-order valence-corrected chi connectivity index (χ4v) is 4.28. The van der Waals surface area contributed by atoms with E-state index in [1.54, 1.807) is 29.9 Å². The van der Waals surface area contributed by atoms with Crippen molar-refractivity contribution >= 4 is 23.1 Å². The lowest BCUT2D eigenvalue weighted by atomic mass is 9.85. The number of anilines is 1. The monoisotopic (exact) mass is 358 g/mol. The molecular formula is C19H26N4OS. The lowest BCUT2D eigenvalue weighted by molar-refractivity contribution is -0.127. The number of amides is 1. The maximum atomic E-state index is 12.8. The molecule has 1 aliphatic rings. The van der Waals surface area contributed by atoms with Gasteiger partial charge in [0.1, 0.15) is 5.82 Å². The third-order valence-corrected chi connectivity index (χ3v) is 5.66. The molecule has 134 valence electrons. The summed E-state index contributed by atoms with van der Waals surface area (Å²) in [4.78, 5) is 24.7. The molecule has 1 aliphatic heterocycles. The molecule has 2 aromatic heterocycles. The van der Waals surface area contributed by atoms with E-state index >= 15 is 0 Å². The highest BCUT2D eigenvalue weighted by molar-refractivity contribution is 7.10. The molecule has 1 N–H and O–H groups in total. The number of carbonyl (C=O) groups is 1. The molecule has 0 aliphatic carbocycles. The van der Waals surface area contributed by atoms with Gasteiger partial charge in [-0.05, 0) is 29.7 Å². The van der Waals surface area contributed by atoms with Crippen LogP contribution in [0.25, 0.3) is 0 Å². The Morgan fingerprint density at radius 2 is 2.08 bits per heavy atom. The second kappa shape index (κ2) is 7.52. The van der Waals surface area contributed by atoms with Gasteiger partial charge < -0.3 is 10.2 Å². The van der Waals surface area contributed by atoms with Crippen molar-refractivity contribution in [1.29, 1.82) is 0 Å². The number of carbonyl (C=O) groups excluding carboxylic acids is 1. The van der Waals surface area contributed by atoms with Gasteiger partial charge in [0.25, 0.3) is 0 Å². The number of nitrogens with zero attached hydrogens (tertiary/aromatic N) is 3. The van der Waals surface area contributed by atoms with Gasteiger partial charge in [-0.3, -0.25) is 9.78 Å². The van der Waals surface area contributed by atoms with Crippen molar-refractivity contribution in [3.05, 3.63) is 41.0 Å². The molecular weight excluding hydrogens is 332 g/mol. The minimum absolute atomic E-state index is 0.0131. The zero-order valence-corrected chi connectivity index (χ0v) is 15.9. The van der Waals surface area contributed by atoms with Gasteiger partial charge in [0, 0.05) is 36.3 Å². The first-order chi connectivity index (χ1) is 11.9. The van der Waals surface area contributed by atoms with Gasteiger partial charge in [0.05, 0.1) is 12.2 Å². The van der Waals surface area contributed by atoms with Crippen molar-refractivity contribution in [2.45, 2.75) is 39.7 Å². The van der Waals surface area contributed by atoms with Crippen LogP contribution in [0.1, 0.15) is 44.5 Å². The van der Waals surface area contributed by atoms with Crippen molar-refractivity contribution in [1.82, 2.24) is 15.3 Å². The number of rotatable bonds is 4. The molecule has 1 unspecified atom stereocenters. The number of hydrogen-bond donors (Lipinski definition) is 1. The summed E-state index contributed by atoms with van der Waals surface area (Å²) in [6, 6.07) is 4.21. The van der Waals surface area contributed by atoms with Crippen molar-refractivity contribution in [2.24, 2.45) is 11.3 Å². The van der Waals surface area contributed by atoms with Crippen molar-refractivity contribution < 1.29 is 4.79 Å². The normalized spacial score (nSPS) is 17.3. The fraction of sp³-hybridized carbons (Fsp3) is 0.526. The van der Waals surface area contributed by atoms with Crippen molar-refractivity contribution in [2.75, 3.05) is 18.0 Å². The van der Waals surface area contributed by atoms with Crippen LogP contribution in [0, 0.1) is 11.3 Å². The molecule has 0 bridgehead atoms. The summed E-state index contributed by atoms with van der Waals surface area (Å²) in [7, 11) is 0. The molecule has 5 nitrogen and oxygen atoms in total. The highest BCUT2D eigenvalue weighted by Gasteiger charge is 2.32. The van der Waals surface area contributed by atoms with Crippen LogP contribution in [0.3, 0.4) is 0 Å². The van der Waals surface area contributed by atoms with Crippen LogP contribution in [0.5, 0.6) is 0 Å². The van der Waals surface area contributed by atoms with E-state index in [1.807, 2.05) is 6.07 Å². The maximum absolute atomic E-state index is 12.8. The van der Waals surface area contributed by atoms with Gasteiger partial charge in [-0.25, -0.2) is 4.98 Å². The third-order valence-electron chi connectivity index (χ3n) is 4.72. The van der Waals surface area contributed by atoms with Gasteiger partial charge in [-0.15, -0.1) is 11.3 Å². The number of hydrogen-bond acceptors (Lipinski definition) is 5. The average Bonchev–Trinajstić information content (AvgIpc) is 3.13. The lowest BCUT2D eigenvalue weighted by Crippen LogP contribution is -2.44. The number of aromatic nitrogens is 2. The summed E-state index contributed by atoms with van der Waals surface area (Å²) in [6.45, 7) is 8.21. The smallest absolute Gasteiger partial charge is 0.223 e. The van der Waals surface area contributed by atoms with Crippen LogP contribution in [0.4, 0.5) is 5.82 Å². The molecule has 0 radical (unpaired) electrons. The maximum Gasteiger partial charge on any atom is 0.223 e. The summed E-state index contributed by atoms with van der Waals surface area (Å²) in [6.07, 6.45) is 6.88. The van der Waals surface area contributed by atoms with E-state index in [1.165, 1.54) is 4.88 Å². The second-order valence-corrected chi connectivity index (χ2v) is 8.63. The standard InChI is InChI=1S/C19H26N4OS/c1-19(2,3)17(15-5-4-12-25-15)22-18(24)14-6-10-23(11-7-14)16-13-20-8-9-21-16/h4-5,8-9,12-14,17H,6-7,10-11H2,1-3H3,(H,22,24). The summed E-state index contributed by atoms with van der Waals surface area (Å²) >= 11 is 1.71. The van der Waals surface area contributed by atoms with E-state index < -0.39 is 0 Å². The SMILES string of the molecule is CC(C)(C)C(NC(=O)C1CCN(c2cnccn2)CC1)c1cccs1. The molecule has 25 heavy (non-hydrogen) atoms. The van der Waals surface area contributed by atoms with Crippen LogP contribution < -0.4 is 10.2 Å². The van der Waals surface area contributed by atoms with Crippen LogP contribution in [0.15, 0.2) is 36.1 Å². The molecule has 6 heteroatoms. The Labute approximate surface area is 153 Å². The van der Waals surface area contributed by atoms with E-state index in [0.717, 1.165) is 31.7 Å². The molecule has 1 saturated heterocycles. The topological polar surface area (TPSA) is 58.1 Å². The largest absolute Gasteiger partial charge is 0.355 e. The van der Waals surface area contributed by atoms with Gasteiger partial charge in [-0.1, -0.05) is 26.8 Å².